The fourth-order valence-corrected chi connectivity index (χ4v) is 2.82. The molecule has 3 rings (SSSR count). The summed E-state index contributed by atoms with van der Waals surface area (Å²) in [5.74, 6) is -0.930. The Morgan fingerprint density at radius 1 is 1.26 bits per heavy atom. The monoisotopic (exact) mass is 256 g/mol. The van der Waals surface area contributed by atoms with Crippen LogP contribution in [0.25, 0.3) is 11.3 Å². The Morgan fingerprint density at radius 3 is 2.74 bits per heavy atom. The molecule has 0 radical (unpaired) electrons. The van der Waals surface area contributed by atoms with E-state index in [0.717, 1.165) is 18.4 Å². The first kappa shape index (κ1) is 12.0. The van der Waals surface area contributed by atoms with E-state index in [1.54, 1.807) is 11.7 Å². The van der Waals surface area contributed by atoms with Crippen molar-refractivity contribution in [2.45, 2.75) is 25.7 Å². The molecule has 4 nitrogen and oxygen atoms in total. The summed E-state index contributed by atoms with van der Waals surface area (Å²) in [7, 11) is 1.78. The van der Waals surface area contributed by atoms with Crippen LogP contribution in [0.1, 0.15) is 34.3 Å². The highest BCUT2D eigenvalue weighted by atomic mass is 16.4. The molecule has 0 saturated carbocycles. The van der Waals surface area contributed by atoms with Gasteiger partial charge in [-0.1, -0.05) is 12.1 Å². The minimum Gasteiger partial charge on any atom is -0.478 e. The van der Waals surface area contributed by atoms with Crippen molar-refractivity contribution in [3.8, 4) is 11.3 Å². The third kappa shape index (κ3) is 2.03. The van der Waals surface area contributed by atoms with Crippen molar-refractivity contribution in [3.63, 3.8) is 0 Å². The Morgan fingerprint density at radius 2 is 2.00 bits per heavy atom. The lowest BCUT2D eigenvalue weighted by atomic mass is 9.89. The maximum atomic E-state index is 11.2. The predicted molar refractivity (Wildman–Crippen MR) is 72.2 cm³/mol. The fourth-order valence-electron chi connectivity index (χ4n) is 2.82. The normalized spacial score (nSPS) is 14.2. The Hall–Kier alpha value is -2.10. The molecule has 0 aliphatic heterocycles. The zero-order valence-electron chi connectivity index (χ0n) is 10.9. The lowest BCUT2D eigenvalue weighted by Gasteiger charge is -2.16. The molecule has 0 unspecified atom stereocenters. The molecule has 1 heterocycles. The van der Waals surface area contributed by atoms with Crippen LogP contribution >= 0.6 is 0 Å². The molecule has 1 aliphatic carbocycles. The van der Waals surface area contributed by atoms with Gasteiger partial charge in [0.25, 0.3) is 0 Å². The summed E-state index contributed by atoms with van der Waals surface area (Å²) in [5, 5.41) is 13.3. The number of carboxylic acid groups (broad SMARTS) is 1. The van der Waals surface area contributed by atoms with Crippen molar-refractivity contribution in [1.29, 1.82) is 0 Å². The summed E-state index contributed by atoms with van der Waals surface area (Å²) in [4.78, 5) is 11.2. The molecule has 0 amide bonds. The Labute approximate surface area is 111 Å². The van der Waals surface area contributed by atoms with E-state index in [4.69, 9.17) is 0 Å². The number of fused-ring (bicyclic) bond motifs is 1. The van der Waals surface area contributed by atoms with Crippen LogP contribution in [0.15, 0.2) is 24.4 Å². The van der Waals surface area contributed by atoms with Crippen LogP contribution in [0.2, 0.25) is 0 Å². The predicted octanol–water partition coefficient (Wildman–Crippen LogP) is 2.66. The van der Waals surface area contributed by atoms with Gasteiger partial charge in [0.15, 0.2) is 0 Å². The summed E-state index contributed by atoms with van der Waals surface area (Å²) < 4.78 is 1.63. The van der Waals surface area contributed by atoms with Gasteiger partial charge >= 0.3 is 5.97 Å². The van der Waals surface area contributed by atoms with E-state index in [1.165, 1.54) is 30.2 Å². The fraction of sp³-hybridized carbons (Fsp3) is 0.333. The maximum absolute atomic E-state index is 11.2. The Kier molecular flexibility index (Phi) is 2.85. The highest BCUT2D eigenvalue weighted by Crippen LogP contribution is 2.29. The van der Waals surface area contributed by atoms with Crippen molar-refractivity contribution in [2.24, 2.45) is 7.05 Å². The average molecular weight is 256 g/mol. The van der Waals surface area contributed by atoms with Crippen LogP contribution in [0.3, 0.4) is 0 Å². The van der Waals surface area contributed by atoms with Gasteiger partial charge in [0.05, 0.1) is 11.9 Å². The van der Waals surface area contributed by atoms with Crippen LogP contribution < -0.4 is 0 Å². The molecule has 0 atom stereocenters. The van der Waals surface area contributed by atoms with Crippen LogP contribution in [-0.2, 0) is 19.9 Å². The number of benzene rings is 1. The van der Waals surface area contributed by atoms with Crippen LogP contribution in [0.4, 0.5) is 0 Å². The minimum atomic E-state index is -0.930. The highest BCUT2D eigenvalue weighted by molar-refractivity contribution is 5.94. The largest absolute Gasteiger partial charge is 0.478 e. The molecule has 2 aromatic rings. The molecule has 98 valence electrons. The molecule has 19 heavy (non-hydrogen) atoms. The van der Waals surface area contributed by atoms with Gasteiger partial charge < -0.3 is 5.11 Å². The van der Waals surface area contributed by atoms with Gasteiger partial charge in [0.2, 0.25) is 0 Å². The van der Waals surface area contributed by atoms with Crippen LogP contribution in [-0.4, -0.2) is 20.9 Å². The van der Waals surface area contributed by atoms with E-state index in [9.17, 15) is 9.90 Å². The summed E-state index contributed by atoms with van der Waals surface area (Å²) in [5.41, 5.74) is 4.63. The SMILES string of the molecule is Cn1ncc(C(=O)O)c1-c1ccc2c(c1)CCCC2. The van der Waals surface area contributed by atoms with Gasteiger partial charge in [-0.15, -0.1) is 0 Å². The Bertz CT molecular complexity index is 644. The molecule has 1 N–H and O–H groups in total. The first-order valence-corrected chi connectivity index (χ1v) is 6.54. The second-order valence-electron chi connectivity index (χ2n) is 5.03. The molecule has 4 heteroatoms. The summed E-state index contributed by atoms with van der Waals surface area (Å²) in [6.45, 7) is 0. The number of nitrogens with zero attached hydrogens (tertiary/aromatic N) is 2. The molecule has 1 aromatic carbocycles. The van der Waals surface area contributed by atoms with Crippen molar-refractivity contribution in [1.82, 2.24) is 9.78 Å². The summed E-state index contributed by atoms with van der Waals surface area (Å²) >= 11 is 0. The number of carbonyl (C=O) groups is 1. The van der Waals surface area contributed by atoms with E-state index in [2.05, 4.69) is 17.2 Å². The number of hydrogen-bond donors (Lipinski definition) is 1. The lowest BCUT2D eigenvalue weighted by Crippen LogP contribution is -2.05. The maximum Gasteiger partial charge on any atom is 0.339 e. The zero-order chi connectivity index (χ0) is 13.4. The van der Waals surface area contributed by atoms with Crippen molar-refractivity contribution < 1.29 is 9.90 Å². The topological polar surface area (TPSA) is 55.1 Å². The standard InChI is InChI=1S/C15H16N2O2/c1-17-14(13(9-16-17)15(18)19)12-7-6-10-4-2-3-5-11(10)8-12/h6-9H,2-5H2,1H3,(H,18,19). The second kappa shape index (κ2) is 4.53. The summed E-state index contributed by atoms with van der Waals surface area (Å²) in [6.07, 6.45) is 6.10. The zero-order valence-corrected chi connectivity index (χ0v) is 10.9. The van der Waals surface area contributed by atoms with E-state index in [1.807, 2.05) is 6.07 Å². The van der Waals surface area contributed by atoms with Crippen LogP contribution in [0, 0.1) is 0 Å². The van der Waals surface area contributed by atoms with Crippen molar-refractivity contribution in [3.05, 3.63) is 41.1 Å². The number of hydrogen-bond acceptors (Lipinski definition) is 2. The van der Waals surface area contributed by atoms with Gasteiger partial charge in [-0.05, 0) is 42.9 Å². The molecule has 1 aromatic heterocycles. The molecule has 0 spiro atoms. The van der Waals surface area contributed by atoms with Crippen molar-refractivity contribution in [2.75, 3.05) is 0 Å². The third-order valence-electron chi connectivity index (χ3n) is 3.79. The highest BCUT2D eigenvalue weighted by Gasteiger charge is 2.18. The number of carboxylic acids is 1. The van der Waals surface area contributed by atoms with Crippen molar-refractivity contribution >= 4 is 5.97 Å². The van der Waals surface area contributed by atoms with Crippen LogP contribution in [0.5, 0.6) is 0 Å². The molecule has 1 aliphatic rings. The van der Waals surface area contributed by atoms with Gasteiger partial charge in [0, 0.05) is 12.6 Å². The van der Waals surface area contributed by atoms with E-state index < -0.39 is 5.97 Å². The smallest absolute Gasteiger partial charge is 0.339 e. The van der Waals surface area contributed by atoms with Gasteiger partial charge in [-0.2, -0.15) is 5.10 Å². The van der Waals surface area contributed by atoms with E-state index >= 15 is 0 Å². The first-order chi connectivity index (χ1) is 9.16. The Balaban J connectivity index is 2.12. The number of aromatic nitrogens is 2. The third-order valence-corrected chi connectivity index (χ3v) is 3.79. The number of aryl methyl sites for hydroxylation is 3. The lowest BCUT2D eigenvalue weighted by molar-refractivity contribution is 0.0697. The van der Waals surface area contributed by atoms with Gasteiger partial charge in [-0.3, -0.25) is 4.68 Å². The van der Waals surface area contributed by atoms with E-state index in [0.29, 0.717) is 5.69 Å². The second-order valence-corrected chi connectivity index (χ2v) is 5.03. The quantitative estimate of drug-likeness (QED) is 0.898. The summed E-state index contributed by atoms with van der Waals surface area (Å²) in [6, 6.07) is 6.26. The number of rotatable bonds is 2. The number of aromatic carboxylic acids is 1. The first-order valence-electron chi connectivity index (χ1n) is 6.54. The minimum absolute atomic E-state index is 0.262. The van der Waals surface area contributed by atoms with Gasteiger partial charge in [-0.25, -0.2) is 4.79 Å². The molecule has 0 fully saturated rings. The molecular weight excluding hydrogens is 240 g/mol. The van der Waals surface area contributed by atoms with Gasteiger partial charge in [0.1, 0.15) is 5.56 Å². The molecule has 0 bridgehead atoms. The van der Waals surface area contributed by atoms with E-state index in [-0.39, 0.29) is 5.56 Å². The molecular formula is C15H16N2O2. The molecule has 0 saturated heterocycles. The average Bonchev–Trinajstić information content (AvgIpc) is 2.80.